The molecule has 0 amide bonds. The fraction of sp³-hybridized carbons (Fsp3) is 0.333. The van der Waals surface area contributed by atoms with Gasteiger partial charge in [0.2, 0.25) is 0 Å². The molecule has 0 atom stereocenters. The van der Waals surface area contributed by atoms with E-state index in [1.807, 2.05) is 38.1 Å². The van der Waals surface area contributed by atoms with E-state index in [-0.39, 0.29) is 0 Å². The Labute approximate surface area is 68.2 Å². The van der Waals surface area contributed by atoms with Gasteiger partial charge in [0.1, 0.15) is 0 Å². The Hall–Kier alpha value is -1.02. The molecule has 62 valence electrons. The molecule has 4 N–H and O–H groups in total. The van der Waals surface area contributed by atoms with Gasteiger partial charge in [-0.2, -0.15) is 0 Å². The summed E-state index contributed by atoms with van der Waals surface area (Å²) in [5, 5.41) is 0. The van der Waals surface area contributed by atoms with Crippen molar-refractivity contribution in [1.29, 1.82) is 0 Å². The zero-order chi connectivity index (χ0) is 8.69. The van der Waals surface area contributed by atoms with Crippen LogP contribution < -0.4 is 11.5 Å². The topological polar surface area (TPSA) is 52.0 Å². The molecule has 0 aliphatic heterocycles. The third-order valence-corrected chi connectivity index (χ3v) is 1.19. The van der Waals surface area contributed by atoms with E-state index in [1.165, 1.54) is 0 Å². The van der Waals surface area contributed by atoms with E-state index in [4.69, 9.17) is 11.5 Å². The van der Waals surface area contributed by atoms with Crippen molar-refractivity contribution in [3.8, 4) is 0 Å². The van der Waals surface area contributed by atoms with Gasteiger partial charge in [-0.15, -0.1) is 0 Å². The van der Waals surface area contributed by atoms with Crippen LogP contribution in [0.15, 0.2) is 24.3 Å². The highest BCUT2D eigenvalue weighted by Gasteiger charge is 1.86. The summed E-state index contributed by atoms with van der Waals surface area (Å²) in [6.45, 7) is 4.56. The summed E-state index contributed by atoms with van der Waals surface area (Å²) in [6.07, 6.45) is 0. The van der Waals surface area contributed by atoms with Gasteiger partial charge >= 0.3 is 0 Å². The number of hydrogen-bond donors (Lipinski definition) is 2. The van der Waals surface area contributed by atoms with Crippen LogP contribution in [0.2, 0.25) is 0 Å². The Morgan fingerprint density at radius 2 is 1.91 bits per heavy atom. The van der Waals surface area contributed by atoms with E-state index in [0.717, 1.165) is 11.3 Å². The lowest BCUT2D eigenvalue weighted by molar-refractivity contribution is 1.07. The average molecular weight is 152 g/mol. The second kappa shape index (κ2) is 5.74. The molecule has 0 aliphatic rings. The van der Waals surface area contributed by atoms with Gasteiger partial charge in [0.15, 0.2) is 0 Å². The minimum atomic E-state index is 0.561. The Kier molecular flexibility index (Phi) is 5.21. The van der Waals surface area contributed by atoms with Crippen LogP contribution in [0.5, 0.6) is 0 Å². The molecule has 0 saturated heterocycles. The van der Waals surface area contributed by atoms with E-state index >= 15 is 0 Å². The van der Waals surface area contributed by atoms with Gasteiger partial charge in [0.05, 0.1) is 0 Å². The largest absolute Gasteiger partial charge is 0.399 e. The third kappa shape index (κ3) is 3.63. The first-order valence-electron chi connectivity index (χ1n) is 3.87. The number of benzene rings is 1. The Morgan fingerprint density at radius 1 is 1.27 bits per heavy atom. The fourth-order valence-electron chi connectivity index (χ4n) is 0.720. The highest BCUT2D eigenvalue weighted by atomic mass is 14.6. The van der Waals surface area contributed by atoms with Crippen molar-refractivity contribution < 1.29 is 0 Å². The summed E-state index contributed by atoms with van der Waals surface area (Å²) in [6, 6.07) is 7.58. The molecule has 0 spiro atoms. The van der Waals surface area contributed by atoms with Crippen molar-refractivity contribution >= 4 is 5.69 Å². The van der Waals surface area contributed by atoms with Gasteiger partial charge < -0.3 is 11.5 Å². The molecule has 0 radical (unpaired) electrons. The lowest BCUT2D eigenvalue weighted by Gasteiger charge is -1.95. The molecular formula is C9H16N2. The van der Waals surface area contributed by atoms with E-state index in [1.54, 1.807) is 0 Å². The molecule has 0 fully saturated rings. The molecule has 1 rings (SSSR count). The van der Waals surface area contributed by atoms with Gasteiger partial charge in [0.25, 0.3) is 0 Å². The smallest absolute Gasteiger partial charge is 0.0317 e. The molecule has 0 aromatic heterocycles. The predicted molar refractivity (Wildman–Crippen MR) is 50.1 cm³/mol. The normalized spacial score (nSPS) is 8.27. The molecule has 0 bridgehead atoms. The van der Waals surface area contributed by atoms with Crippen LogP contribution in [0.25, 0.3) is 0 Å². The van der Waals surface area contributed by atoms with Crippen molar-refractivity contribution in [2.75, 3.05) is 5.73 Å². The molecule has 2 nitrogen and oxygen atoms in total. The SMILES string of the molecule is CC.NCc1cccc(N)c1. The lowest BCUT2D eigenvalue weighted by atomic mass is 10.2. The number of nitrogen functional groups attached to an aromatic ring is 1. The number of anilines is 1. The first-order chi connectivity index (χ1) is 5.33. The van der Waals surface area contributed by atoms with E-state index in [9.17, 15) is 0 Å². The molecule has 11 heavy (non-hydrogen) atoms. The maximum atomic E-state index is 5.48. The zero-order valence-corrected chi connectivity index (χ0v) is 7.17. The highest BCUT2D eigenvalue weighted by molar-refractivity contribution is 5.40. The third-order valence-electron chi connectivity index (χ3n) is 1.19. The summed E-state index contributed by atoms with van der Waals surface area (Å²) >= 11 is 0. The fourth-order valence-corrected chi connectivity index (χ4v) is 0.720. The van der Waals surface area contributed by atoms with Crippen molar-refractivity contribution in [1.82, 2.24) is 0 Å². The monoisotopic (exact) mass is 152 g/mol. The molecule has 1 aromatic rings. The standard InChI is InChI=1S/C7H10N2.C2H6/c8-5-6-2-1-3-7(9)4-6;1-2/h1-4H,5,8-9H2;1-2H3. The Bertz CT molecular complexity index is 197. The maximum Gasteiger partial charge on any atom is 0.0317 e. The second-order valence-electron chi connectivity index (χ2n) is 1.95. The lowest BCUT2D eigenvalue weighted by Crippen LogP contribution is -1.96. The summed E-state index contributed by atoms with van der Waals surface area (Å²) in [5.41, 5.74) is 12.7. The number of hydrogen-bond acceptors (Lipinski definition) is 2. The van der Waals surface area contributed by atoms with Gasteiger partial charge in [-0.05, 0) is 17.7 Å². The van der Waals surface area contributed by atoms with Crippen LogP contribution in [0.4, 0.5) is 5.69 Å². The van der Waals surface area contributed by atoms with Crippen LogP contribution in [0.3, 0.4) is 0 Å². The highest BCUT2D eigenvalue weighted by Crippen LogP contribution is 2.04. The minimum absolute atomic E-state index is 0.561. The molecule has 0 heterocycles. The Balaban J connectivity index is 0.000000461. The first-order valence-corrected chi connectivity index (χ1v) is 3.87. The van der Waals surface area contributed by atoms with Crippen molar-refractivity contribution in [2.24, 2.45) is 5.73 Å². The van der Waals surface area contributed by atoms with Crippen LogP contribution in [-0.4, -0.2) is 0 Å². The van der Waals surface area contributed by atoms with Crippen LogP contribution in [0, 0.1) is 0 Å². The summed E-state index contributed by atoms with van der Waals surface area (Å²) in [5.74, 6) is 0. The maximum absolute atomic E-state index is 5.48. The van der Waals surface area contributed by atoms with E-state index < -0.39 is 0 Å². The van der Waals surface area contributed by atoms with Crippen molar-refractivity contribution in [2.45, 2.75) is 20.4 Å². The van der Waals surface area contributed by atoms with Gasteiger partial charge in [0, 0.05) is 12.2 Å². The number of nitrogens with two attached hydrogens (primary N) is 2. The van der Waals surface area contributed by atoms with Gasteiger partial charge in [-0.25, -0.2) is 0 Å². The Morgan fingerprint density at radius 3 is 2.27 bits per heavy atom. The minimum Gasteiger partial charge on any atom is -0.399 e. The summed E-state index contributed by atoms with van der Waals surface area (Å²) < 4.78 is 0. The summed E-state index contributed by atoms with van der Waals surface area (Å²) in [7, 11) is 0. The molecule has 0 aliphatic carbocycles. The van der Waals surface area contributed by atoms with Crippen LogP contribution in [0.1, 0.15) is 19.4 Å². The first kappa shape index (κ1) is 9.98. The van der Waals surface area contributed by atoms with Crippen LogP contribution >= 0.6 is 0 Å². The van der Waals surface area contributed by atoms with Gasteiger partial charge in [-0.3, -0.25) is 0 Å². The molecule has 2 heteroatoms. The molecule has 1 aromatic carbocycles. The zero-order valence-electron chi connectivity index (χ0n) is 7.17. The second-order valence-corrected chi connectivity index (χ2v) is 1.95. The number of rotatable bonds is 1. The van der Waals surface area contributed by atoms with Crippen molar-refractivity contribution in [3.63, 3.8) is 0 Å². The summed E-state index contributed by atoms with van der Waals surface area (Å²) in [4.78, 5) is 0. The average Bonchev–Trinajstić information content (AvgIpc) is 2.08. The van der Waals surface area contributed by atoms with Crippen molar-refractivity contribution in [3.05, 3.63) is 29.8 Å². The molecule has 0 unspecified atom stereocenters. The van der Waals surface area contributed by atoms with Gasteiger partial charge in [-0.1, -0.05) is 26.0 Å². The quantitative estimate of drug-likeness (QED) is 0.602. The molecule has 0 saturated carbocycles. The van der Waals surface area contributed by atoms with E-state index in [0.29, 0.717) is 6.54 Å². The van der Waals surface area contributed by atoms with Crippen LogP contribution in [-0.2, 0) is 6.54 Å². The van der Waals surface area contributed by atoms with E-state index in [2.05, 4.69) is 0 Å². The predicted octanol–water partition coefficient (Wildman–Crippen LogP) is 1.75. The molecular weight excluding hydrogens is 136 g/mol.